The van der Waals surface area contributed by atoms with Crippen molar-refractivity contribution in [3.8, 4) is 0 Å². The van der Waals surface area contributed by atoms with Crippen molar-refractivity contribution in [3.63, 3.8) is 0 Å². The summed E-state index contributed by atoms with van der Waals surface area (Å²) in [6.45, 7) is 1.47. The van der Waals surface area contributed by atoms with Crippen LogP contribution >= 0.6 is 0 Å². The number of hydrogen-bond acceptors (Lipinski definition) is 4. The van der Waals surface area contributed by atoms with E-state index in [9.17, 15) is 14.4 Å². The third-order valence-corrected chi connectivity index (χ3v) is 1.52. The van der Waals surface area contributed by atoms with E-state index in [0.29, 0.717) is 0 Å². The molecule has 0 aromatic heterocycles. The van der Waals surface area contributed by atoms with Gasteiger partial charge in [-0.2, -0.15) is 0 Å². The molecule has 0 aliphatic carbocycles. The summed E-state index contributed by atoms with van der Waals surface area (Å²) in [4.78, 5) is 31.5. The van der Waals surface area contributed by atoms with Gasteiger partial charge in [-0.3, -0.25) is 14.4 Å². The molecule has 1 amide bonds. The number of hydrogen-bond donors (Lipinski definition) is 3. The van der Waals surface area contributed by atoms with Gasteiger partial charge >= 0.3 is 5.97 Å². The van der Waals surface area contributed by atoms with E-state index in [4.69, 9.17) is 10.8 Å². The summed E-state index contributed by atoms with van der Waals surface area (Å²) in [5.74, 6) is -1.52. The van der Waals surface area contributed by atoms with Crippen LogP contribution in [0.3, 0.4) is 0 Å². The second kappa shape index (κ2) is 6.09. The Morgan fingerprint density at radius 1 is 1.57 bits per heavy atom. The van der Waals surface area contributed by atoms with Crippen LogP contribution in [0.25, 0.3) is 0 Å². The Morgan fingerprint density at radius 3 is 2.50 bits per heavy atom. The summed E-state index contributed by atoms with van der Waals surface area (Å²) in [6.07, 6.45) is 1.37. The largest absolute Gasteiger partial charge is 0.481 e. The Hall–Kier alpha value is -1.43. The number of rotatable bonds is 6. The first-order valence-electron chi connectivity index (χ1n) is 4.12. The van der Waals surface area contributed by atoms with Gasteiger partial charge in [0.25, 0.3) is 0 Å². The normalized spacial score (nSPS) is 14.1. The van der Waals surface area contributed by atoms with E-state index in [1.54, 1.807) is 6.29 Å². The number of amides is 1. The van der Waals surface area contributed by atoms with Gasteiger partial charge in [0.15, 0.2) is 0 Å². The fourth-order valence-corrected chi connectivity index (χ4v) is 0.732. The van der Waals surface area contributed by atoms with Crippen molar-refractivity contribution in [2.75, 3.05) is 0 Å². The summed E-state index contributed by atoms with van der Waals surface area (Å²) in [6, 6.07) is -1.62. The lowest BCUT2D eigenvalue weighted by molar-refractivity contribution is -0.137. The average Bonchev–Trinajstić information content (AvgIpc) is 2.11. The molecule has 0 saturated carbocycles. The van der Waals surface area contributed by atoms with Crippen LogP contribution in [0.15, 0.2) is 0 Å². The average molecular weight is 201 g/mol. The van der Waals surface area contributed by atoms with Gasteiger partial charge in [-0.15, -0.1) is 0 Å². The molecule has 0 aromatic carbocycles. The Kier molecular flexibility index (Phi) is 5.47. The molecule has 14 heavy (non-hydrogen) atoms. The molecule has 0 aromatic rings. The van der Waals surface area contributed by atoms with Crippen molar-refractivity contribution in [3.05, 3.63) is 0 Å². The number of nitrogens with one attached hydrogen (secondary N) is 1. The summed E-state index contributed by atoms with van der Waals surface area (Å²) in [7, 11) is 0. The maximum atomic E-state index is 11.0. The van der Waals surface area contributed by atoms with Crippen LogP contribution in [0.4, 0.5) is 0 Å². The van der Waals surface area contributed by atoms with E-state index in [-0.39, 0.29) is 12.8 Å². The number of aliphatic carboxylic acids is 1. The first kappa shape index (κ1) is 12.6. The minimum absolute atomic E-state index is 0.0251. The SMILES string of the molecule is C[C@H](N)C(=O)N[C@H]([C]=O)CCC(=O)O. The zero-order chi connectivity index (χ0) is 11.1. The Labute approximate surface area is 81.5 Å². The van der Waals surface area contributed by atoms with Crippen LogP contribution in [-0.4, -0.2) is 35.4 Å². The van der Waals surface area contributed by atoms with Crippen molar-refractivity contribution >= 4 is 18.2 Å². The molecule has 1 radical (unpaired) electrons. The van der Waals surface area contributed by atoms with E-state index < -0.39 is 24.0 Å². The monoisotopic (exact) mass is 201 g/mol. The lowest BCUT2D eigenvalue weighted by atomic mass is 10.1. The van der Waals surface area contributed by atoms with E-state index in [2.05, 4.69) is 5.32 Å². The topological polar surface area (TPSA) is 109 Å². The van der Waals surface area contributed by atoms with Gasteiger partial charge in [0, 0.05) is 6.42 Å². The molecule has 0 bridgehead atoms. The molecule has 4 N–H and O–H groups in total. The standard InChI is InChI=1S/C8H13N2O4/c1-5(9)8(14)10-6(4-11)2-3-7(12)13/h5-6H,2-3,9H2,1H3,(H,10,14)(H,12,13)/t5-,6-/m0/s1. The predicted octanol–water partition coefficient (Wildman–Crippen LogP) is -1.21. The molecular formula is C8H13N2O4. The highest BCUT2D eigenvalue weighted by Crippen LogP contribution is 1.95. The molecule has 0 aliphatic heterocycles. The molecule has 0 aliphatic rings. The van der Waals surface area contributed by atoms with Crippen LogP contribution in [0.1, 0.15) is 19.8 Å². The summed E-state index contributed by atoms with van der Waals surface area (Å²) in [5.41, 5.74) is 5.24. The van der Waals surface area contributed by atoms with Crippen LogP contribution in [-0.2, 0) is 14.4 Å². The van der Waals surface area contributed by atoms with Crippen LogP contribution in [0, 0.1) is 0 Å². The predicted molar refractivity (Wildman–Crippen MR) is 48.1 cm³/mol. The van der Waals surface area contributed by atoms with Crippen molar-refractivity contribution in [2.45, 2.75) is 31.8 Å². The van der Waals surface area contributed by atoms with Gasteiger partial charge in [-0.05, 0) is 13.3 Å². The zero-order valence-corrected chi connectivity index (χ0v) is 7.82. The molecule has 0 saturated heterocycles. The Morgan fingerprint density at radius 2 is 2.14 bits per heavy atom. The third kappa shape index (κ3) is 5.26. The van der Waals surface area contributed by atoms with Crippen molar-refractivity contribution in [1.29, 1.82) is 0 Å². The van der Waals surface area contributed by atoms with Crippen LogP contribution in [0.2, 0.25) is 0 Å². The molecule has 0 heterocycles. The Balaban J connectivity index is 3.96. The van der Waals surface area contributed by atoms with Gasteiger partial charge in [0.05, 0.1) is 12.1 Å². The third-order valence-electron chi connectivity index (χ3n) is 1.52. The second-order valence-corrected chi connectivity index (χ2v) is 2.90. The van der Waals surface area contributed by atoms with Crippen molar-refractivity contribution < 1.29 is 19.5 Å². The van der Waals surface area contributed by atoms with Gasteiger partial charge in [-0.1, -0.05) is 0 Å². The van der Waals surface area contributed by atoms with E-state index >= 15 is 0 Å². The maximum Gasteiger partial charge on any atom is 0.303 e. The summed E-state index contributed by atoms with van der Waals surface area (Å²) in [5, 5.41) is 10.6. The van der Waals surface area contributed by atoms with Gasteiger partial charge in [-0.25, -0.2) is 0 Å². The number of carboxylic acids is 1. The fourth-order valence-electron chi connectivity index (χ4n) is 0.732. The smallest absolute Gasteiger partial charge is 0.303 e. The molecule has 0 spiro atoms. The summed E-state index contributed by atoms with van der Waals surface area (Å²) >= 11 is 0. The first-order chi connectivity index (χ1) is 6.47. The fraction of sp³-hybridized carbons (Fsp3) is 0.625. The zero-order valence-electron chi connectivity index (χ0n) is 7.82. The molecule has 2 atom stereocenters. The highest BCUT2D eigenvalue weighted by Gasteiger charge is 2.15. The van der Waals surface area contributed by atoms with E-state index in [0.717, 1.165) is 0 Å². The van der Waals surface area contributed by atoms with Crippen molar-refractivity contribution in [2.24, 2.45) is 5.73 Å². The number of nitrogens with two attached hydrogens (primary N) is 1. The van der Waals surface area contributed by atoms with Crippen LogP contribution < -0.4 is 11.1 Å². The Bertz CT molecular complexity index is 227. The minimum atomic E-state index is -1.03. The highest BCUT2D eigenvalue weighted by molar-refractivity contribution is 5.84. The van der Waals surface area contributed by atoms with Gasteiger partial charge < -0.3 is 16.2 Å². The van der Waals surface area contributed by atoms with E-state index in [1.165, 1.54) is 6.92 Å². The number of carbonyl (C=O) groups is 2. The molecule has 0 unspecified atom stereocenters. The molecule has 79 valence electrons. The van der Waals surface area contributed by atoms with Gasteiger partial charge in [0.1, 0.15) is 0 Å². The second-order valence-electron chi connectivity index (χ2n) is 2.90. The lowest BCUT2D eigenvalue weighted by Gasteiger charge is -2.12. The first-order valence-corrected chi connectivity index (χ1v) is 4.12. The molecule has 6 heteroatoms. The number of carbonyl (C=O) groups excluding carboxylic acids is 2. The molecular weight excluding hydrogens is 188 g/mol. The van der Waals surface area contributed by atoms with E-state index in [1.807, 2.05) is 0 Å². The summed E-state index contributed by atoms with van der Waals surface area (Å²) < 4.78 is 0. The maximum absolute atomic E-state index is 11.0. The molecule has 0 fully saturated rings. The molecule has 0 rings (SSSR count). The highest BCUT2D eigenvalue weighted by atomic mass is 16.4. The van der Waals surface area contributed by atoms with Crippen LogP contribution in [0.5, 0.6) is 0 Å². The lowest BCUT2D eigenvalue weighted by Crippen LogP contribution is -2.44. The molecule has 6 nitrogen and oxygen atoms in total. The van der Waals surface area contributed by atoms with Crippen molar-refractivity contribution in [1.82, 2.24) is 5.32 Å². The number of carboxylic acid groups (broad SMARTS) is 1. The minimum Gasteiger partial charge on any atom is -0.481 e. The quantitative estimate of drug-likeness (QED) is 0.499. The van der Waals surface area contributed by atoms with Gasteiger partial charge in [0.2, 0.25) is 12.2 Å².